The molecule has 15 heavy (non-hydrogen) atoms. The SMILES string of the molecule is C[C@H](O)[C@H]1C[C@@H]1c1ccc(N(C)C)cc1. The molecule has 3 atom stereocenters. The van der Waals surface area contributed by atoms with Crippen molar-refractivity contribution in [1.82, 2.24) is 0 Å². The van der Waals surface area contributed by atoms with Gasteiger partial charge in [-0.05, 0) is 42.9 Å². The molecule has 0 unspecified atom stereocenters. The molecule has 0 saturated heterocycles. The fourth-order valence-corrected chi connectivity index (χ4v) is 2.15. The summed E-state index contributed by atoms with van der Waals surface area (Å²) in [6, 6.07) is 8.66. The number of aliphatic hydroxyl groups excluding tert-OH is 1. The predicted octanol–water partition coefficient (Wildman–Crippen LogP) is 2.24. The van der Waals surface area contributed by atoms with Gasteiger partial charge >= 0.3 is 0 Å². The van der Waals surface area contributed by atoms with Crippen LogP contribution in [0.25, 0.3) is 0 Å². The molecule has 1 fully saturated rings. The third-order valence-corrected chi connectivity index (χ3v) is 3.30. The second-order valence-electron chi connectivity index (χ2n) is 4.73. The summed E-state index contributed by atoms with van der Waals surface area (Å²) in [6.07, 6.45) is 0.974. The normalized spacial score (nSPS) is 26.1. The highest BCUT2D eigenvalue weighted by Gasteiger charge is 2.41. The van der Waals surface area contributed by atoms with Gasteiger partial charge in [0.05, 0.1) is 6.10 Å². The van der Waals surface area contributed by atoms with Gasteiger partial charge < -0.3 is 10.0 Å². The first kappa shape index (κ1) is 10.5. The van der Waals surface area contributed by atoms with Crippen LogP contribution in [0.3, 0.4) is 0 Å². The Labute approximate surface area is 91.5 Å². The zero-order valence-corrected chi connectivity index (χ0v) is 9.64. The monoisotopic (exact) mass is 205 g/mol. The van der Waals surface area contributed by atoms with Crippen molar-refractivity contribution >= 4 is 5.69 Å². The van der Waals surface area contributed by atoms with Gasteiger partial charge in [-0.15, -0.1) is 0 Å². The molecular weight excluding hydrogens is 186 g/mol. The minimum Gasteiger partial charge on any atom is -0.393 e. The maximum absolute atomic E-state index is 9.46. The van der Waals surface area contributed by atoms with Crippen molar-refractivity contribution in [1.29, 1.82) is 0 Å². The van der Waals surface area contributed by atoms with Crippen LogP contribution in [-0.4, -0.2) is 25.3 Å². The van der Waals surface area contributed by atoms with Crippen LogP contribution in [0.5, 0.6) is 0 Å². The minimum atomic E-state index is -0.163. The maximum atomic E-state index is 9.46. The van der Waals surface area contributed by atoms with Gasteiger partial charge in [-0.1, -0.05) is 12.1 Å². The summed E-state index contributed by atoms with van der Waals surface area (Å²) in [5, 5.41) is 9.46. The standard InChI is InChI=1S/C13H19NO/c1-9(15)12-8-13(12)10-4-6-11(7-5-10)14(2)3/h4-7,9,12-13,15H,8H2,1-3H3/t9-,12+,13+/m0/s1. The van der Waals surface area contributed by atoms with Crippen LogP contribution in [0.1, 0.15) is 24.8 Å². The number of hydrogen-bond acceptors (Lipinski definition) is 2. The minimum absolute atomic E-state index is 0.163. The Morgan fingerprint density at radius 1 is 1.27 bits per heavy atom. The van der Waals surface area contributed by atoms with Crippen LogP contribution in [-0.2, 0) is 0 Å². The molecule has 2 nitrogen and oxygen atoms in total. The number of anilines is 1. The quantitative estimate of drug-likeness (QED) is 0.818. The third kappa shape index (κ3) is 2.15. The summed E-state index contributed by atoms with van der Waals surface area (Å²) in [5.74, 6) is 1.07. The molecule has 0 bridgehead atoms. The zero-order chi connectivity index (χ0) is 11.0. The first-order valence-corrected chi connectivity index (χ1v) is 5.55. The van der Waals surface area contributed by atoms with Gasteiger partial charge in [0.2, 0.25) is 0 Å². The molecule has 0 radical (unpaired) electrons. The Balaban J connectivity index is 2.06. The average molecular weight is 205 g/mol. The van der Waals surface area contributed by atoms with E-state index in [1.54, 1.807) is 0 Å². The number of benzene rings is 1. The summed E-state index contributed by atoms with van der Waals surface area (Å²) in [6.45, 7) is 1.89. The van der Waals surface area contributed by atoms with Gasteiger partial charge in [-0.25, -0.2) is 0 Å². The van der Waals surface area contributed by atoms with Crippen molar-refractivity contribution in [2.75, 3.05) is 19.0 Å². The lowest BCUT2D eigenvalue weighted by Gasteiger charge is -2.12. The number of rotatable bonds is 3. The van der Waals surface area contributed by atoms with E-state index in [1.807, 2.05) is 21.0 Å². The van der Waals surface area contributed by atoms with Crippen molar-refractivity contribution in [3.05, 3.63) is 29.8 Å². The van der Waals surface area contributed by atoms with E-state index in [2.05, 4.69) is 29.2 Å². The topological polar surface area (TPSA) is 23.5 Å². The first-order valence-electron chi connectivity index (χ1n) is 5.55. The summed E-state index contributed by atoms with van der Waals surface area (Å²) < 4.78 is 0. The number of aliphatic hydroxyl groups is 1. The summed E-state index contributed by atoms with van der Waals surface area (Å²) in [5.41, 5.74) is 2.60. The lowest BCUT2D eigenvalue weighted by molar-refractivity contribution is 0.169. The average Bonchev–Trinajstić information content (AvgIpc) is 2.97. The van der Waals surface area contributed by atoms with Crippen molar-refractivity contribution in [2.45, 2.75) is 25.4 Å². The molecule has 2 rings (SSSR count). The molecule has 0 heterocycles. The second kappa shape index (κ2) is 3.86. The fourth-order valence-electron chi connectivity index (χ4n) is 2.15. The van der Waals surface area contributed by atoms with Gasteiger partial charge in [0.1, 0.15) is 0 Å². The molecule has 1 aromatic carbocycles. The van der Waals surface area contributed by atoms with Crippen LogP contribution in [0.2, 0.25) is 0 Å². The third-order valence-electron chi connectivity index (χ3n) is 3.30. The van der Waals surface area contributed by atoms with Crippen LogP contribution >= 0.6 is 0 Å². The van der Waals surface area contributed by atoms with Crippen LogP contribution in [0, 0.1) is 5.92 Å². The fraction of sp³-hybridized carbons (Fsp3) is 0.538. The van der Waals surface area contributed by atoms with E-state index >= 15 is 0 Å². The Kier molecular flexibility index (Phi) is 2.70. The van der Waals surface area contributed by atoms with E-state index in [9.17, 15) is 5.11 Å². The Morgan fingerprint density at radius 3 is 2.27 bits per heavy atom. The summed E-state index contributed by atoms with van der Waals surface area (Å²) >= 11 is 0. The van der Waals surface area contributed by atoms with Gasteiger partial charge in [0.25, 0.3) is 0 Å². The van der Waals surface area contributed by atoms with E-state index in [0.29, 0.717) is 11.8 Å². The van der Waals surface area contributed by atoms with Gasteiger partial charge in [0.15, 0.2) is 0 Å². The van der Waals surface area contributed by atoms with E-state index in [4.69, 9.17) is 0 Å². The molecule has 1 saturated carbocycles. The smallest absolute Gasteiger partial charge is 0.0546 e. The summed E-state index contributed by atoms with van der Waals surface area (Å²) in [4.78, 5) is 2.10. The molecule has 2 heteroatoms. The molecular formula is C13H19NO. The highest BCUT2D eigenvalue weighted by atomic mass is 16.3. The van der Waals surface area contributed by atoms with E-state index < -0.39 is 0 Å². The molecule has 1 aromatic rings. The van der Waals surface area contributed by atoms with Gasteiger partial charge in [0, 0.05) is 19.8 Å². The molecule has 0 aromatic heterocycles. The maximum Gasteiger partial charge on any atom is 0.0546 e. The molecule has 1 N–H and O–H groups in total. The Morgan fingerprint density at radius 2 is 1.87 bits per heavy atom. The van der Waals surface area contributed by atoms with Crippen LogP contribution in [0.15, 0.2) is 24.3 Å². The molecule has 1 aliphatic rings. The van der Waals surface area contributed by atoms with Gasteiger partial charge in [-0.3, -0.25) is 0 Å². The lowest BCUT2D eigenvalue weighted by Crippen LogP contribution is -2.08. The van der Waals surface area contributed by atoms with Crippen molar-refractivity contribution in [3.8, 4) is 0 Å². The van der Waals surface area contributed by atoms with Gasteiger partial charge in [-0.2, -0.15) is 0 Å². The largest absolute Gasteiger partial charge is 0.393 e. The number of hydrogen-bond donors (Lipinski definition) is 1. The summed E-state index contributed by atoms with van der Waals surface area (Å²) in [7, 11) is 4.09. The highest BCUT2D eigenvalue weighted by molar-refractivity contribution is 5.47. The van der Waals surface area contributed by atoms with Crippen molar-refractivity contribution < 1.29 is 5.11 Å². The van der Waals surface area contributed by atoms with Crippen molar-refractivity contribution in [3.63, 3.8) is 0 Å². The molecule has 0 spiro atoms. The highest BCUT2D eigenvalue weighted by Crippen LogP contribution is 2.49. The van der Waals surface area contributed by atoms with E-state index in [-0.39, 0.29) is 6.10 Å². The van der Waals surface area contributed by atoms with Crippen molar-refractivity contribution in [2.24, 2.45) is 5.92 Å². The molecule has 1 aliphatic carbocycles. The van der Waals surface area contributed by atoms with E-state index in [0.717, 1.165) is 6.42 Å². The number of nitrogens with zero attached hydrogens (tertiary/aromatic N) is 1. The van der Waals surface area contributed by atoms with Crippen LogP contribution < -0.4 is 4.90 Å². The predicted molar refractivity (Wildman–Crippen MR) is 63.3 cm³/mol. The zero-order valence-electron chi connectivity index (χ0n) is 9.64. The molecule has 82 valence electrons. The first-order chi connectivity index (χ1) is 7.09. The van der Waals surface area contributed by atoms with E-state index in [1.165, 1.54) is 11.3 Å². The Bertz CT molecular complexity index is 329. The Hall–Kier alpha value is -1.02. The molecule has 0 aliphatic heterocycles. The second-order valence-corrected chi connectivity index (χ2v) is 4.73. The van der Waals surface area contributed by atoms with Crippen LogP contribution in [0.4, 0.5) is 5.69 Å². The molecule has 0 amide bonds. The lowest BCUT2D eigenvalue weighted by atomic mass is 10.1.